The number of nitrogens with one attached hydrogen (secondary N) is 2. The molecule has 0 amide bonds. The van der Waals surface area contributed by atoms with Gasteiger partial charge in [-0.2, -0.15) is 0 Å². The zero-order valence-corrected chi connectivity index (χ0v) is 17.5. The van der Waals surface area contributed by atoms with E-state index in [0.717, 1.165) is 22.7 Å². The Kier molecular flexibility index (Phi) is 6.53. The second-order valence-electron chi connectivity index (χ2n) is 6.88. The van der Waals surface area contributed by atoms with Gasteiger partial charge in [-0.15, -0.1) is 0 Å². The van der Waals surface area contributed by atoms with Crippen LogP contribution >= 0.6 is 0 Å². The van der Waals surface area contributed by atoms with E-state index in [1.54, 1.807) is 37.7 Å². The summed E-state index contributed by atoms with van der Waals surface area (Å²) in [6.07, 6.45) is 6.64. The predicted molar refractivity (Wildman–Crippen MR) is 128 cm³/mol. The Hall–Kier alpha value is -4.45. The van der Waals surface area contributed by atoms with Crippen LogP contribution in [0.15, 0.2) is 97.3 Å². The number of carbonyl (C=O) groups is 1. The Morgan fingerprint density at radius 1 is 0.781 bits per heavy atom. The van der Waals surface area contributed by atoms with Crippen molar-refractivity contribution in [3.05, 3.63) is 108 Å². The lowest BCUT2D eigenvalue weighted by Gasteiger charge is -2.10. The summed E-state index contributed by atoms with van der Waals surface area (Å²) in [5, 5.41) is 6.48. The molecular formula is C26H22N4O2. The molecule has 4 aromatic rings. The number of nitrogens with zero attached hydrogens (tertiary/aromatic N) is 2. The average molecular weight is 422 g/mol. The van der Waals surface area contributed by atoms with Crippen LogP contribution in [0, 0.1) is 0 Å². The number of pyridine rings is 2. The third-order valence-corrected chi connectivity index (χ3v) is 4.72. The lowest BCUT2D eigenvalue weighted by Crippen LogP contribution is -2.03. The molecule has 0 fully saturated rings. The maximum absolute atomic E-state index is 12.9. The van der Waals surface area contributed by atoms with Gasteiger partial charge in [-0.3, -0.25) is 4.79 Å². The van der Waals surface area contributed by atoms with Crippen LogP contribution < -0.4 is 15.4 Å². The summed E-state index contributed by atoms with van der Waals surface area (Å²) < 4.78 is 5.19. The summed E-state index contributed by atoms with van der Waals surface area (Å²) >= 11 is 0. The van der Waals surface area contributed by atoms with E-state index in [9.17, 15) is 4.79 Å². The summed E-state index contributed by atoms with van der Waals surface area (Å²) in [7, 11) is 1.63. The van der Waals surface area contributed by atoms with E-state index in [1.807, 2.05) is 66.7 Å². The number of ether oxygens (including phenoxy) is 1. The monoisotopic (exact) mass is 422 g/mol. The maximum Gasteiger partial charge on any atom is 0.189 e. The van der Waals surface area contributed by atoms with Crippen molar-refractivity contribution in [3.63, 3.8) is 0 Å². The highest BCUT2D eigenvalue weighted by Crippen LogP contribution is 2.23. The first-order chi connectivity index (χ1) is 15.7. The molecule has 2 N–H and O–H groups in total. The number of hydrogen-bond donors (Lipinski definition) is 2. The molecule has 0 aliphatic carbocycles. The Morgan fingerprint density at radius 3 is 2.19 bits per heavy atom. The summed E-state index contributed by atoms with van der Waals surface area (Å²) in [6.45, 7) is 0. The fourth-order valence-corrected chi connectivity index (χ4v) is 3.08. The van der Waals surface area contributed by atoms with Crippen LogP contribution in [-0.2, 0) is 0 Å². The molecule has 0 atom stereocenters. The molecule has 0 saturated heterocycles. The Labute approximate surface area is 186 Å². The molecule has 6 nitrogen and oxygen atoms in total. The minimum Gasteiger partial charge on any atom is -0.497 e. The SMILES string of the molecule is COc1ccc(Nc2ncccc2/C=C/C(=O)c2cccnc2Nc2ccccc2)cc1. The number of para-hydroxylation sites is 1. The summed E-state index contributed by atoms with van der Waals surface area (Å²) in [5.74, 6) is 1.78. The fourth-order valence-electron chi connectivity index (χ4n) is 3.08. The van der Waals surface area contributed by atoms with Gasteiger partial charge in [0.25, 0.3) is 0 Å². The van der Waals surface area contributed by atoms with E-state index < -0.39 is 0 Å². The van der Waals surface area contributed by atoms with Crippen molar-refractivity contribution in [2.75, 3.05) is 17.7 Å². The standard InChI is InChI=1S/C26H22N4O2/c1-32-22-14-12-21(13-15-22)29-25-19(7-5-17-27-25)11-16-24(31)23-10-6-18-28-26(23)30-20-8-3-2-4-9-20/h2-18H,1H3,(H,27,29)(H,28,30)/b16-11+. The molecule has 6 heteroatoms. The number of aromatic nitrogens is 2. The molecule has 158 valence electrons. The molecular weight excluding hydrogens is 400 g/mol. The minimum atomic E-state index is -0.157. The highest BCUT2D eigenvalue weighted by atomic mass is 16.5. The van der Waals surface area contributed by atoms with Crippen molar-refractivity contribution in [1.29, 1.82) is 0 Å². The Morgan fingerprint density at radius 2 is 1.44 bits per heavy atom. The number of benzene rings is 2. The Bertz CT molecular complexity index is 1220. The molecule has 0 saturated carbocycles. The first-order valence-electron chi connectivity index (χ1n) is 10.1. The molecule has 2 aromatic heterocycles. The lowest BCUT2D eigenvalue weighted by molar-refractivity contribution is 0.104. The minimum absolute atomic E-state index is 0.157. The summed E-state index contributed by atoms with van der Waals surface area (Å²) in [5.41, 5.74) is 3.01. The zero-order chi connectivity index (χ0) is 22.2. The molecule has 0 aliphatic rings. The number of hydrogen-bond acceptors (Lipinski definition) is 6. The van der Waals surface area contributed by atoms with Gasteiger partial charge in [-0.25, -0.2) is 9.97 Å². The van der Waals surface area contributed by atoms with Crippen LogP contribution in [0.3, 0.4) is 0 Å². The van der Waals surface area contributed by atoms with Gasteiger partial charge in [0.2, 0.25) is 0 Å². The predicted octanol–water partition coefficient (Wildman–Crippen LogP) is 5.87. The highest BCUT2D eigenvalue weighted by molar-refractivity contribution is 6.10. The van der Waals surface area contributed by atoms with Gasteiger partial charge in [0.05, 0.1) is 12.7 Å². The van der Waals surface area contributed by atoms with Gasteiger partial charge >= 0.3 is 0 Å². The van der Waals surface area contributed by atoms with E-state index in [4.69, 9.17) is 4.74 Å². The number of rotatable bonds is 8. The van der Waals surface area contributed by atoms with Crippen LogP contribution in [0.2, 0.25) is 0 Å². The fraction of sp³-hybridized carbons (Fsp3) is 0.0385. The quantitative estimate of drug-likeness (QED) is 0.273. The van der Waals surface area contributed by atoms with E-state index in [2.05, 4.69) is 20.6 Å². The normalized spacial score (nSPS) is 10.7. The van der Waals surface area contributed by atoms with Gasteiger partial charge in [-0.05, 0) is 72.8 Å². The van der Waals surface area contributed by atoms with Gasteiger partial charge in [0.15, 0.2) is 5.78 Å². The van der Waals surface area contributed by atoms with Crippen molar-refractivity contribution < 1.29 is 9.53 Å². The van der Waals surface area contributed by atoms with E-state index in [0.29, 0.717) is 17.2 Å². The first-order valence-corrected chi connectivity index (χ1v) is 10.1. The highest BCUT2D eigenvalue weighted by Gasteiger charge is 2.10. The first kappa shape index (κ1) is 20.8. The summed E-state index contributed by atoms with van der Waals surface area (Å²) in [6, 6.07) is 24.4. The van der Waals surface area contributed by atoms with Gasteiger partial charge < -0.3 is 15.4 Å². The van der Waals surface area contributed by atoms with E-state index >= 15 is 0 Å². The van der Waals surface area contributed by atoms with Gasteiger partial charge in [0.1, 0.15) is 17.4 Å². The molecule has 2 heterocycles. The topological polar surface area (TPSA) is 76.1 Å². The van der Waals surface area contributed by atoms with Crippen LogP contribution in [0.4, 0.5) is 23.0 Å². The smallest absolute Gasteiger partial charge is 0.189 e. The van der Waals surface area contributed by atoms with Crippen LogP contribution in [0.5, 0.6) is 5.75 Å². The maximum atomic E-state index is 12.9. The second-order valence-corrected chi connectivity index (χ2v) is 6.88. The van der Waals surface area contributed by atoms with Crippen LogP contribution in [-0.4, -0.2) is 22.9 Å². The molecule has 2 aromatic carbocycles. The van der Waals surface area contributed by atoms with Crippen molar-refractivity contribution in [1.82, 2.24) is 9.97 Å². The number of ketones is 1. The number of methoxy groups -OCH3 is 1. The van der Waals surface area contributed by atoms with Crippen LogP contribution in [0.1, 0.15) is 15.9 Å². The van der Waals surface area contributed by atoms with Crippen LogP contribution in [0.25, 0.3) is 6.08 Å². The molecule has 0 bridgehead atoms. The van der Waals surface area contributed by atoms with E-state index in [-0.39, 0.29) is 5.78 Å². The van der Waals surface area contributed by atoms with Crippen molar-refractivity contribution in [3.8, 4) is 5.75 Å². The third-order valence-electron chi connectivity index (χ3n) is 4.72. The molecule has 32 heavy (non-hydrogen) atoms. The molecule has 0 aliphatic heterocycles. The lowest BCUT2D eigenvalue weighted by atomic mass is 10.1. The molecule has 4 rings (SSSR count). The molecule has 0 radical (unpaired) electrons. The van der Waals surface area contributed by atoms with Crippen molar-refractivity contribution in [2.24, 2.45) is 0 Å². The average Bonchev–Trinajstić information content (AvgIpc) is 2.85. The van der Waals surface area contributed by atoms with Gasteiger partial charge in [-0.1, -0.05) is 18.2 Å². The van der Waals surface area contributed by atoms with Crippen molar-refractivity contribution >= 4 is 34.9 Å². The van der Waals surface area contributed by atoms with Gasteiger partial charge in [0, 0.05) is 29.3 Å². The number of anilines is 4. The third kappa shape index (κ3) is 5.17. The van der Waals surface area contributed by atoms with E-state index in [1.165, 1.54) is 6.08 Å². The van der Waals surface area contributed by atoms with Crippen molar-refractivity contribution in [2.45, 2.75) is 0 Å². The summed E-state index contributed by atoms with van der Waals surface area (Å²) in [4.78, 5) is 21.7. The molecule has 0 unspecified atom stereocenters. The second kappa shape index (κ2) is 10.0. The largest absolute Gasteiger partial charge is 0.497 e. The Balaban J connectivity index is 1.53. The zero-order valence-electron chi connectivity index (χ0n) is 17.5. The number of carbonyl (C=O) groups excluding carboxylic acids is 1. The number of allylic oxidation sites excluding steroid dienone is 1. The molecule has 0 spiro atoms.